The van der Waals surface area contributed by atoms with Crippen molar-refractivity contribution in [3.63, 3.8) is 0 Å². The van der Waals surface area contributed by atoms with Crippen LogP contribution >= 0.6 is 34.8 Å². The summed E-state index contributed by atoms with van der Waals surface area (Å²) in [7, 11) is 0. The summed E-state index contributed by atoms with van der Waals surface area (Å²) in [5.41, 5.74) is -0.619. The van der Waals surface area contributed by atoms with Crippen LogP contribution in [0.3, 0.4) is 0 Å². The molecule has 1 N–H and O–H groups in total. The van der Waals surface area contributed by atoms with E-state index in [1.807, 2.05) is 0 Å². The molecule has 0 atom stereocenters. The van der Waals surface area contributed by atoms with E-state index in [1.54, 1.807) is 0 Å². The number of nitrogens with one attached hydrogen (secondary N) is 1. The van der Waals surface area contributed by atoms with Crippen LogP contribution in [0.2, 0.25) is 15.2 Å². The molecule has 0 aliphatic heterocycles. The third kappa shape index (κ3) is 3.38. The van der Waals surface area contributed by atoms with Gasteiger partial charge < -0.3 is 5.32 Å². The number of hydrogen-bond acceptors (Lipinski definition) is 5. The molecular formula is C11H5Cl3N4O3. The second-order valence-corrected chi connectivity index (χ2v) is 4.87. The molecule has 0 unspecified atom stereocenters. The first-order valence-corrected chi connectivity index (χ1v) is 6.45. The van der Waals surface area contributed by atoms with E-state index in [4.69, 9.17) is 34.8 Å². The van der Waals surface area contributed by atoms with Crippen molar-refractivity contribution >= 4 is 52.2 Å². The monoisotopic (exact) mass is 346 g/mol. The summed E-state index contributed by atoms with van der Waals surface area (Å²) < 4.78 is 0. The summed E-state index contributed by atoms with van der Waals surface area (Å²) >= 11 is 17.2. The number of carbonyl (C=O) groups excluding carboxylic acids is 1. The Hall–Kier alpha value is -1.96. The Morgan fingerprint density at radius 1 is 1.24 bits per heavy atom. The average Bonchev–Trinajstić information content (AvgIpc) is 2.43. The third-order valence-corrected chi connectivity index (χ3v) is 3.36. The van der Waals surface area contributed by atoms with Gasteiger partial charge >= 0.3 is 0 Å². The van der Waals surface area contributed by atoms with E-state index in [0.717, 1.165) is 12.4 Å². The van der Waals surface area contributed by atoms with E-state index in [-0.39, 0.29) is 26.6 Å². The molecule has 1 aromatic carbocycles. The van der Waals surface area contributed by atoms with E-state index in [9.17, 15) is 14.9 Å². The average molecular weight is 348 g/mol. The zero-order chi connectivity index (χ0) is 15.6. The number of halogens is 3. The van der Waals surface area contributed by atoms with Gasteiger partial charge in [0.1, 0.15) is 16.9 Å². The Morgan fingerprint density at radius 2 is 1.95 bits per heavy atom. The van der Waals surface area contributed by atoms with E-state index in [0.29, 0.717) is 0 Å². The highest BCUT2D eigenvalue weighted by molar-refractivity contribution is 6.43. The Labute approximate surface area is 133 Å². The van der Waals surface area contributed by atoms with Crippen LogP contribution < -0.4 is 5.32 Å². The number of aromatic nitrogens is 2. The van der Waals surface area contributed by atoms with Crippen LogP contribution in [0, 0.1) is 10.1 Å². The number of anilines is 1. The molecule has 0 radical (unpaired) electrons. The Kier molecular flexibility index (Phi) is 4.56. The fraction of sp³-hybridized carbons (Fsp3) is 0. The summed E-state index contributed by atoms with van der Waals surface area (Å²) in [6.45, 7) is 0. The molecule has 7 nitrogen and oxygen atoms in total. The Balaban J connectivity index is 2.37. The molecule has 2 rings (SSSR count). The molecular weight excluding hydrogens is 343 g/mol. The van der Waals surface area contributed by atoms with Crippen LogP contribution in [0.1, 0.15) is 10.4 Å². The van der Waals surface area contributed by atoms with Gasteiger partial charge in [0.2, 0.25) is 0 Å². The number of rotatable bonds is 3. The van der Waals surface area contributed by atoms with Gasteiger partial charge in [-0.3, -0.25) is 14.9 Å². The lowest BCUT2D eigenvalue weighted by atomic mass is 10.1. The standard InChI is InChI=1S/C11H5Cl3N4O3/c12-5-1-2-6(7(3-5)18(20)21)11(19)17-10-8(13)9(14)15-4-16-10/h1-4H,(H,15,16,17,19). The van der Waals surface area contributed by atoms with Crippen molar-refractivity contribution in [1.29, 1.82) is 0 Å². The van der Waals surface area contributed by atoms with Crippen LogP contribution in [0.15, 0.2) is 24.5 Å². The molecule has 1 aromatic heterocycles. The number of carbonyl (C=O) groups is 1. The molecule has 0 fully saturated rings. The van der Waals surface area contributed by atoms with Crippen LogP contribution in [0.4, 0.5) is 11.5 Å². The minimum atomic E-state index is -0.768. The van der Waals surface area contributed by atoms with Crippen LogP contribution in [-0.2, 0) is 0 Å². The fourth-order valence-corrected chi connectivity index (χ4v) is 1.90. The normalized spacial score (nSPS) is 10.2. The second kappa shape index (κ2) is 6.21. The largest absolute Gasteiger partial charge is 0.305 e. The van der Waals surface area contributed by atoms with Crippen LogP contribution in [-0.4, -0.2) is 20.8 Å². The van der Waals surface area contributed by atoms with E-state index in [2.05, 4.69) is 15.3 Å². The Morgan fingerprint density at radius 3 is 2.62 bits per heavy atom. The van der Waals surface area contributed by atoms with Crippen molar-refractivity contribution < 1.29 is 9.72 Å². The fourth-order valence-electron chi connectivity index (χ4n) is 1.46. The van der Waals surface area contributed by atoms with Crippen LogP contribution in [0.25, 0.3) is 0 Å². The number of amides is 1. The number of nitro benzene ring substituents is 1. The molecule has 21 heavy (non-hydrogen) atoms. The molecule has 0 spiro atoms. The highest BCUT2D eigenvalue weighted by Crippen LogP contribution is 2.28. The predicted octanol–water partition coefficient (Wildman–Crippen LogP) is 3.60. The van der Waals surface area contributed by atoms with Gasteiger partial charge in [0.05, 0.1) is 4.92 Å². The second-order valence-electron chi connectivity index (χ2n) is 3.70. The first kappa shape index (κ1) is 15.4. The molecule has 10 heteroatoms. The lowest BCUT2D eigenvalue weighted by molar-refractivity contribution is -0.385. The molecule has 0 aliphatic rings. The van der Waals surface area contributed by atoms with Gasteiger partial charge in [0, 0.05) is 11.1 Å². The summed E-state index contributed by atoms with van der Waals surface area (Å²) in [4.78, 5) is 29.7. The smallest absolute Gasteiger partial charge is 0.283 e. The molecule has 108 valence electrons. The number of nitro groups is 1. The minimum Gasteiger partial charge on any atom is -0.305 e. The van der Waals surface area contributed by atoms with E-state index in [1.165, 1.54) is 12.1 Å². The first-order chi connectivity index (χ1) is 9.90. The zero-order valence-electron chi connectivity index (χ0n) is 10.0. The van der Waals surface area contributed by atoms with Gasteiger partial charge in [-0.05, 0) is 12.1 Å². The van der Waals surface area contributed by atoms with Crippen LogP contribution in [0.5, 0.6) is 0 Å². The van der Waals surface area contributed by atoms with Crippen molar-refractivity contribution in [3.8, 4) is 0 Å². The van der Waals surface area contributed by atoms with Crippen molar-refractivity contribution in [2.24, 2.45) is 0 Å². The van der Waals surface area contributed by atoms with Crippen molar-refractivity contribution in [2.45, 2.75) is 0 Å². The zero-order valence-corrected chi connectivity index (χ0v) is 12.3. The summed E-state index contributed by atoms with van der Waals surface area (Å²) in [6, 6.07) is 3.66. The van der Waals surface area contributed by atoms with Crippen molar-refractivity contribution in [2.75, 3.05) is 5.32 Å². The predicted molar refractivity (Wildman–Crippen MR) is 78.1 cm³/mol. The van der Waals surface area contributed by atoms with Crippen molar-refractivity contribution in [1.82, 2.24) is 9.97 Å². The van der Waals surface area contributed by atoms with E-state index < -0.39 is 16.5 Å². The topological polar surface area (TPSA) is 98.0 Å². The number of benzene rings is 1. The quantitative estimate of drug-likeness (QED) is 0.519. The molecule has 0 aliphatic carbocycles. The van der Waals surface area contributed by atoms with E-state index >= 15 is 0 Å². The number of hydrogen-bond donors (Lipinski definition) is 1. The molecule has 0 saturated heterocycles. The highest BCUT2D eigenvalue weighted by Gasteiger charge is 2.22. The summed E-state index contributed by atoms with van der Waals surface area (Å²) in [5.74, 6) is -0.819. The highest BCUT2D eigenvalue weighted by atomic mass is 35.5. The third-order valence-electron chi connectivity index (χ3n) is 2.38. The molecule has 1 amide bonds. The summed E-state index contributed by atoms with van der Waals surface area (Å²) in [6.07, 6.45) is 1.10. The molecule has 1 heterocycles. The van der Waals surface area contributed by atoms with Crippen molar-refractivity contribution in [3.05, 3.63) is 55.4 Å². The van der Waals surface area contributed by atoms with Gasteiger partial charge in [-0.25, -0.2) is 9.97 Å². The van der Waals surface area contributed by atoms with Gasteiger partial charge in [-0.1, -0.05) is 34.8 Å². The molecule has 2 aromatic rings. The molecule has 0 saturated carbocycles. The SMILES string of the molecule is O=C(Nc1ncnc(Cl)c1Cl)c1ccc(Cl)cc1[N+](=O)[O-]. The first-order valence-electron chi connectivity index (χ1n) is 5.31. The lowest BCUT2D eigenvalue weighted by Gasteiger charge is -2.07. The van der Waals surface area contributed by atoms with Gasteiger partial charge in [0.15, 0.2) is 11.0 Å². The lowest BCUT2D eigenvalue weighted by Crippen LogP contribution is -2.15. The maximum Gasteiger partial charge on any atom is 0.283 e. The maximum absolute atomic E-state index is 12.1. The molecule has 0 bridgehead atoms. The number of nitrogens with zero attached hydrogens (tertiary/aromatic N) is 3. The van der Waals surface area contributed by atoms with Gasteiger partial charge in [0.25, 0.3) is 11.6 Å². The Bertz CT molecular complexity index is 739. The van der Waals surface area contributed by atoms with Gasteiger partial charge in [-0.2, -0.15) is 0 Å². The summed E-state index contributed by atoms with van der Waals surface area (Å²) in [5, 5.41) is 13.3. The minimum absolute atomic E-state index is 0.0485. The van der Waals surface area contributed by atoms with Gasteiger partial charge in [-0.15, -0.1) is 0 Å². The maximum atomic E-state index is 12.1.